The van der Waals surface area contributed by atoms with Crippen molar-refractivity contribution >= 4 is 17.7 Å². The SMILES string of the molecule is COc1ccc2cc1OCC(=O)NCc1ccc(cc1)O[C@H]1CN(C(=O)CN3CCOc4ccccc4C3)C[C@@H]1NC(=O)CC2. The van der Waals surface area contributed by atoms with E-state index >= 15 is 0 Å². The van der Waals surface area contributed by atoms with Crippen molar-refractivity contribution in [3.8, 4) is 23.0 Å². The number of hydrogen-bond donors (Lipinski definition) is 2. The summed E-state index contributed by atoms with van der Waals surface area (Å²) in [7, 11) is 1.54. The number of amides is 3. The number of carbonyl (C=O) groups excluding carboxylic acids is 3. The quantitative estimate of drug-likeness (QED) is 0.462. The van der Waals surface area contributed by atoms with Crippen LogP contribution in [-0.2, 0) is 33.9 Å². The highest BCUT2D eigenvalue weighted by Crippen LogP contribution is 2.29. The van der Waals surface area contributed by atoms with Crippen molar-refractivity contribution in [3.05, 3.63) is 83.4 Å². The maximum Gasteiger partial charge on any atom is 0.258 e. The van der Waals surface area contributed by atoms with Crippen LogP contribution in [0.25, 0.3) is 0 Å². The summed E-state index contributed by atoms with van der Waals surface area (Å²) < 4.78 is 23.4. The topological polar surface area (TPSA) is 119 Å². The Morgan fingerprint density at radius 3 is 2.60 bits per heavy atom. The molecule has 0 unspecified atom stereocenters. The van der Waals surface area contributed by atoms with E-state index in [1.54, 1.807) is 17.0 Å². The minimum Gasteiger partial charge on any atom is -0.493 e. The minimum absolute atomic E-state index is 0.0222. The fraction of sp³-hybridized carbons (Fsp3) is 0.382. The number of fused-ring (bicyclic) bond motifs is 10. The molecule has 3 aromatic rings. The van der Waals surface area contributed by atoms with Crippen LogP contribution in [0.4, 0.5) is 0 Å². The lowest BCUT2D eigenvalue weighted by Crippen LogP contribution is -2.45. The zero-order valence-electron chi connectivity index (χ0n) is 25.3. The van der Waals surface area contributed by atoms with E-state index in [9.17, 15) is 14.4 Å². The second-order valence-electron chi connectivity index (χ2n) is 11.5. The molecule has 45 heavy (non-hydrogen) atoms. The predicted octanol–water partition coefficient (Wildman–Crippen LogP) is 2.31. The molecular weight excluding hydrogens is 576 g/mol. The van der Waals surface area contributed by atoms with Gasteiger partial charge in [-0.2, -0.15) is 0 Å². The van der Waals surface area contributed by atoms with Gasteiger partial charge in [0, 0.05) is 38.2 Å². The minimum atomic E-state index is -0.431. The first-order chi connectivity index (χ1) is 21.9. The number of aryl methyl sites for hydroxylation is 1. The highest BCUT2D eigenvalue weighted by atomic mass is 16.5. The van der Waals surface area contributed by atoms with Crippen LogP contribution in [0.15, 0.2) is 66.7 Å². The van der Waals surface area contributed by atoms with Crippen LogP contribution in [0, 0.1) is 0 Å². The Labute approximate surface area is 262 Å². The lowest BCUT2D eigenvalue weighted by molar-refractivity contribution is -0.132. The molecule has 4 bridgehead atoms. The normalized spacial score (nSPS) is 20.8. The smallest absolute Gasteiger partial charge is 0.258 e. The van der Waals surface area contributed by atoms with Crippen LogP contribution in [-0.4, -0.2) is 86.2 Å². The third kappa shape index (κ3) is 7.66. The predicted molar refractivity (Wildman–Crippen MR) is 165 cm³/mol. The van der Waals surface area contributed by atoms with Gasteiger partial charge < -0.3 is 34.5 Å². The number of nitrogens with zero attached hydrogens (tertiary/aromatic N) is 2. The Morgan fingerprint density at radius 2 is 1.76 bits per heavy atom. The molecule has 0 radical (unpaired) electrons. The van der Waals surface area contributed by atoms with E-state index in [0.717, 1.165) is 22.4 Å². The van der Waals surface area contributed by atoms with Crippen LogP contribution < -0.4 is 29.6 Å². The van der Waals surface area contributed by atoms with Gasteiger partial charge in [0.1, 0.15) is 24.2 Å². The molecule has 2 atom stereocenters. The number of carbonyl (C=O) groups is 3. The summed E-state index contributed by atoms with van der Waals surface area (Å²) >= 11 is 0. The van der Waals surface area contributed by atoms with E-state index in [1.807, 2.05) is 54.6 Å². The fourth-order valence-corrected chi connectivity index (χ4v) is 5.82. The molecule has 0 saturated carbocycles. The molecule has 4 heterocycles. The molecule has 236 valence electrons. The van der Waals surface area contributed by atoms with Crippen molar-refractivity contribution in [3.63, 3.8) is 0 Å². The molecule has 1 fully saturated rings. The summed E-state index contributed by atoms with van der Waals surface area (Å²) in [5, 5.41) is 6.00. The Hall–Kier alpha value is -4.77. The highest BCUT2D eigenvalue weighted by molar-refractivity contribution is 5.80. The molecule has 0 spiro atoms. The number of ether oxygens (including phenoxy) is 4. The molecule has 4 aliphatic heterocycles. The average Bonchev–Trinajstić information content (AvgIpc) is 3.32. The fourth-order valence-electron chi connectivity index (χ4n) is 5.82. The number of likely N-dealkylation sites (tertiary alicyclic amines) is 1. The lowest BCUT2D eigenvalue weighted by atomic mass is 10.1. The lowest BCUT2D eigenvalue weighted by Gasteiger charge is -2.23. The molecule has 7 rings (SSSR count). The molecule has 0 aromatic heterocycles. The summed E-state index contributed by atoms with van der Waals surface area (Å²) in [5.41, 5.74) is 2.82. The highest BCUT2D eigenvalue weighted by Gasteiger charge is 2.38. The van der Waals surface area contributed by atoms with Crippen molar-refractivity contribution in [1.29, 1.82) is 0 Å². The maximum atomic E-state index is 13.6. The van der Waals surface area contributed by atoms with Gasteiger partial charge >= 0.3 is 0 Å². The number of rotatable bonds is 3. The van der Waals surface area contributed by atoms with E-state index < -0.39 is 6.10 Å². The number of nitrogens with one attached hydrogen (secondary N) is 2. The zero-order valence-corrected chi connectivity index (χ0v) is 25.3. The molecule has 0 aliphatic carbocycles. The van der Waals surface area contributed by atoms with Crippen molar-refractivity contribution in [1.82, 2.24) is 20.4 Å². The van der Waals surface area contributed by atoms with Gasteiger partial charge in [-0.25, -0.2) is 0 Å². The van der Waals surface area contributed by atoms with E-state index in [-0.39, 0.29) is 43.3 Å². The Kier molecular flexibility index (Phi) is 9.35. The van der Waals surface area contributed by atoms with Gasteiger partial charge in [0.15, 0.2) is 18.1 Å². The van der Waals surface area contributed by atoms with Crippen LogP contribution in [0.5, 0.6) is 23.0 Å². The van der Waals surface area contributed by atoms with E-state index in [1.165, 1.54) is 7.11 Å². The van der Waals surface area contributed by atoms with Gasteiger partial charge in [0.2, 0.25) is 11.8 Å². The standard InChI is InChI=1S/C34H38N4O7/c1-42-29-12-8-23-9-13-32(39)36-27-19-38(34(41)21-37-14-15-43-28-5-3-2-4-25(28)18-37)20-31(27)45-26-10-6-24(7-11-26)17-35-33(40)22-44-30(29)16-23/h2-8,10-12,16,27,31H,9,13-15,17-22H2,1H3,(H,35,40)(H,36,39)/t27-,31-/m0/s1. The van der Waals surface area contributed by atoms with E-state index in [2.05, 4.69) is 15.5 Å². The number of hydrogen-bond acceptors (Lipinski definition) is 8. The van der Waals surface area contributed by atoms with Crippen molar-refractivity contribution in [2.45, 2.75) is 38.1 Å². The molecule has 1 saturated heterocycles. The Morgan fingerprint density at radius 1 is 0.933 bits per heavy atom. The first-order valence-electron chi connectivity index (χ1n) is 15.3. The van der Waals surface area contributed by atoms with E-state index in [4.69, 9.17) is 18.9 Å². The summed E-state index contributed by atoms with van der Waals surface area (Å²) in [5.74, 6) is 1.98. The Bertz CT molecular complexity index is 1530. The first-order valence-corrected chi connectivity index (χ1v) is 15.3. The summed E-state index contributed by atoms with van der Waals surface area (Å²) in [4.78, 5) is 43.1. The van der Waals surface area contributed by atoms with Crippen molar-refractivity contribution in [2.75, 3.05) is 46.5 Å². The maximum absolute atomic E-state index is 13.6. The first kappa shape index (κ1) is 30.3. The van der Waals surface area contributed by atoms with Crippen LogP contribution in [0.1, 0.15) is 23.1 Å². The van der Waals surface area contributed by atoms with Gasteiger partial charge in [-0.3, -0.25) is 19.3 Å². The zero-order chi connectivity index (χ0) is 31.2. The van der Waals surface area contributed by atoms with Gasteiger partial charge in [-0.15, -0.1) is 0 Å². The molecular formula is C34H38N4O7. The Balaban J connectivity index is 1.17. The molecule has 3 aromatic carbocycles. The monoisotopic (exact) mass is 614 g/mol. The number of methoxy groups -OCH3 is 1. The molecule has 2 N–H and O–H groups in total. The molecule has 11 nitrogen and oxygen atoms in total. The van der Waals surface area contributed by atoms with Crippen LogP contribution in [0.2, 0.25) is 0 Å². The molecule has 4 aliphatic rings. The second kappa shape index (κ2) is 13.9. The number of benzene rings is 3. The van der Waals surface area contributed by atoms with Gasteiger partial charge in [0.25, 0.3) is 5.91 Å². The van der Waals surface area contributed by atoms with Gasteiger partial charge in [-0.1, -0.05) is 36.4 Å². The third-order valence-corrected chi connectivity index (χ3v) is 8.28. The molecule has 11 heteroatoms. The summed E-state index contributed by atoms with van der Waals surface area (Å²) in [6.07, 6.45) is 0.254. The average molecular weight is 615 g/mol. The largest absolute Gasteiger partial charge is 0.493 e. The van der Waals surface area contributed by atoms with Crippen molar-refractivity contribution in [2.24, 2.45) is 0 Å². The van der Waals surface area contributed by atoms with Crippen molar-refractivity contribution < 1.29 is 33.3 Å². The van der Waals surface area contributed by atoms with Crippen LogP contribution in [0.3, 0.4) is 0 Å². The molecule has 3 amide bonds. The summed E-state index contributed by atoms with van der Waals surface area (Å²) in [6, 6.07) is 20.4. The van der Waals surface area contributed by atoms with E-state index in [0.29, 0.717) is 63.0 Å². The third-order valence-electron chi connectivity index (χ3n) is 8.28. The number of para-hydroxylation sites is 1. The second-order valence-corrected chi connectivity index (χ2v) is 11.5. The summed E-state index contributed by atoms with van der Waals surface area (Å²) in [6.45, 7) is 2.88. The van der Waals surface area contributed by atoms with Gasteiger partial charge in [0.05, 0.1) is 26.2 Å². The van der Waals surface area contributed by atoms with Gasteiger partial charge in [-0.05, 0) is 47.9 Å². The van der Waals surface area contributed by atoms with Crippen LogP contribution >= 0.6 is 0 Å².